The molecular weight excluding hydrogens is 430 g/mol. The number of allylic oxidation sites excluding steroid dienone is 2. The van der Waals surface area contributed by atoms with Crippen LogP contribution in [0.4, 0.5) is 8.78 Å². The number of hydrogen-bond donors (Lipinski definition) is 1. The Hall–Kier alpha value is -1.60. The van der Waals surface area contributed by atoms with E-state index in [4.69, 9.17) is 14.6 Å². The maximum Gasteiger partial charge on any atom is 0.309 e. The lowest BCUT2D eigenvalue weighted by atomic mass is 9.84. The van der Waals surface area contributed by atoms with Gasteiger partial charge in [-0.15, -0.1) is 0 Å². The fourth-order valence-corrected chi connectivity index (χ4v) is 5.63. The van der Waals surface area contributed by atoms with Crippen molar-refractivity contribution in [2.24, 2.45) is 11.8 Å². The van der Waals surface area contributed by atoms with E-state index >= 15 is 0 Å². The topological polar surface area (TPSA) is 72.8 Å². The second-order valence-electron chi connectivity index (χ2n) is 9.85. The normalized spacial score (nSPS) is 31.4. The van der Waals surface area contributed by atoms with Gasteiger partial charge in [-0.3, -0.25) is 9.59 Å². The summed E-state index contributed by atoms with van der Waals surface area (Å²) >= 11 is 0. The van der Waals surface area contributed by atoms with E-state index < -0.39 is 29.7 Å². The van der Waals surface area contributed by atoms with Crippen LogP contribution in [0.3, 0.4) is 0 Å². The van der Waals surface area contributed by atoms with Gasteiger partial charge >= 0.3 is 11.9 Å². The number of aliphatic carboxylic acids is 1. The van der Waals surface area contributed by atoms with Crippen LogP contribution in [0.2, 0.25) is 0 Å². The first-order valence-corrected chi connectivity index (χ1v) is 12.5. The summed E-state index contributed by atoms with van der Waals surface area (Å²) in [6, 6.07) is 0. The van der Waals surface area contributed by atoms with Gasteiger partial charge in [-0.2, -0.15) is 8.78 Å². The summed E-state index contributed by atoms with van der Waals surface area (Å²) in [5, 5.41) is 8.86. The van der Waals surface area contributed by atoms with Crippen molar-refractivity contribution in [3.05, 3.63) is 23.8 Å². The third-order valence-electron chi connectivity index (χ3n) is 7.37. The fourth-order valence-electron chi connectivity index (χ4n) is 5.63. The number of carbonyl (C=O) groups is 2. The Morgan fingerprint density at radius 3 is 2.79 bits per heavy atom. The van der Waals surface area contributed by atoms with Crippen LogP contribution in [0.5, 0.6) is 0 Å². The molecule has 1 heterocycles. The average Bonchev–Trinajstić information content (AvgIpc) is 3.28. The number of carboxylic acids is 1. The molecule has 1 unspecified atom stereocenters. The van der Waals surface area contributed by atoms with Crippen molar-refractivity contribution in [1.29, 1.82) is 0 Å². The molecule has 186 valence electrons. The van der Waals surface area contributed by atoms with Crippen molar-refractivity contribution in [1.82, 2.24) is 0 Å². The number of ether oxygens (including phenoxy) is 2. The number of carboxylic acid groups (broad SMARTS) is 1. The minimum Gasteiger partial charge on any atom is -0.481 e. The molecule has 2 aliphatic carbocycles. The number of hydrogen-bond acceptors (Lipinski definition) is 4. The zero-order valence-electron chi connectivity index (χ0n) is 19.7. The van der Waals surface area contributed by atoms with Crippen LogP contribution in [-0.2, 0) is 19.1 Å². The Labute approximate surface area is 195 Å². The first-order valence-electron chi connectivity index (χ1n) is 12.5. The standard InChI is InChI=1S/C26H38F2O5/c1-2-3-14-26(27,28)23(29)13-12-20-10-11-21-16-19(7-4-5-9-24(30)31)17-25(20,21)33-22-8-6-15-32-18-22/h7,12-13,20-22H,2-6,8-11,14-18H2,1H3,(H,30,31)/t20-,21-,22?,25+/m0/s1. The average molecular weight is 469 g/mol. The van der Waals surface area contributed by atoms with Gasteiger partial charge in [0.1, 0.15) is 0 Å². The second kappa shape index (κ2) is 11.7. The Morgan fingerprint density at radius 1 is 1.27 bits per heavy atom. The van der Waals surface area contributed by atoms with Gasteiger partial charge in [-0.25, -0.2) is 0 Å². The Balaban J connectivity index is 1.74. The number of rotatable bonds is 12. The van der Waals surface area contributed by atoms with Crippen LogP contribution in [-0.4, -0.2) is 47.7 Å². The Morgan fingerprint density at radius 2 is 2.09 bits per heavy atom. The van der Waals surface area contributed by atoms with Crippen molar-refractivity contribution in [2.45, 2.75) is 102 Å². The minimum atomic E-state index is -3.32. The molecule has 7 heteroatoms. The zero-order valence-corrected chi connectivity index (χ0v) is 19.7. The number of unbranched alkanes of at least 4 members (excludes halogenated alkanes) is 2. The van der Waals surface area contributed by atoms with Crippen LogP contribution in [0.1, 0.15) is 84.0 Å². The van der Waals surface area contributed by atoms with Crippen molar-refractivity contribution in [3.8, 4) is 0 Å². The van der Waals surface area contributed by atoms with Gasteiger partial charge in [0.2, 0.25) is 5.78 Å². The van der Waals surface area contributed by atoms with E-state index in [0.717, 1.165) is 44.8 Å². The molecule has 1 N–H and O–H groups in total. The zero-order chi connectivity index (χ0) is 23.9. The minimum absolute atomic E-state index is 0.0247. The predicted octanol–water partition coefficient (Wildman–Crippen LogP) is 5.87. The molecule has 0 aromatic rings. The van der Waals surface area contributed by atoms with Crippen molar-refractivity contribution in [2.75, 3.05) is 13.2 Å². The van der Waals surface area contributed by atoms with Crippen LogP contribution >= 0.6 is 0 Å². The number of ketones is 1. The van der Waals surface area contributed by atoms with E-state index in [9.17, 15) is 18.4 Å². The summed E-state index contributed by atoms with van der Waals surface area (Å²) in [7, 11) is 0. The molecule has 3 rings (SSSR count). The van der Waals surface area contributed by atoms with Gasteiger partial charge in [0.05, 0.1) is 18.3 Å². The lowest BCUT2D eigenvalue weighted by Crippen LogP contribution is -2.44. The molecule has 0 bridgehead atoms. The molecule has 0 spiro atoms. The highest BCUT2D eigenvalue weighted by atomic mass is 19.3. The molecule has 3 fully saturated rings. The lowest BCUT2D eigenvalue weighted by Gasteiger charge is -2.39. The van der Waals surface area contributed by atoms with E-state index in [2.05, 4.69) is 6.08 Å². The smallest absolute Gasteiger partial charge is 0.309 e. The van der Waals surface area contributed by atoms with Crippen LogP contribution in [0.25, 0.3) is 0 Å². The highest BCUT2D eigenvalue weighted by Gasteiger charge is 2.55. The SMILES string of the molecule is CCCCC(F)(F)C(=O)C=C[C@@H]1CC[C@H]2CC(=CCCCC(=O)O)C[C@]21OC1CCCOC1. The molecule has 0 aromatic heterocycles. The monoisotopic (exact) mass is 468 g/mol. The molecule has 0 amide bonds. The molecule has 1 saturated heterocycles. The lowest BCUT2D eigenvalue weighted by molar-refractivity contribution is -0.155. The summed E-state index contributed by atoms with van der Waals surface area (Å²) < 4.78 is 40.8. The van der Waals surface area contributed by atoms with Crippen LogP contribution < -0.4 is 0 Å². The number of alkyl halides is 2. The second-order valence-corrected chi connectivity index (χ2v) is 9.85. The summed E-state index contributed by atoms with van der Waals surface area (Å²) in [4.78, 5) is 23.0. The van der Waals surface area contributed by atoms with Gasteiger partial charge < -0.3 is 14.6 Å². The van der Waals surface area contributed by atoms with E-state index in [-0.39, 0.29) is 24.4 Å². The van der Waals surface area contributed by atoms with Gasteiger partial charge in [-0.05, 0) is 69.8 Å². The van der Waals surface area contributed by atoms with Gasteiger partial charge in [-0.1, -0.05) is 31.1 Å². The quantitative estimate of drug-likeness (QED) is 0.220. The predicted molar refractivity (Wildman–Crippen MR) is 121 cm³/mol. The summed E-state index contributed by atoms with van der Waals surface area (Å²) in [6.45, 7) is 3.10. The summed E-state index contributed by atoms with van der Waals surface area (Å²) in [5.74, 6) is -5.05. The highest BCUT2D eigenvalue weighted by Crippen LogP contribution is 2.56. The Kier molecular flexibility index (Phi) is 9.22. The van der Waals surface area contributed by atoms with E-state index in [0.29, 0.717) is 38.7 Å². The van der Waals surface area contributed by atoms with Gasteiger partial charge in [0.25, 0.3) is 0 Å². The van der Waals surface area contributed by atoms with Crippen LogP contribution in [0.15, 0.2) is 23.8 Å². The largest absolute Gasteiger partial charge is 0.481 e. The molecule has 3 aliphatic rings. The van der Waals surface area contributed by atoms with Gasteiger partial charge in [0.15, 0.2) is 0 Å². The first kappa shape index (κ1) is 26.0. The molecule has 0 radical (unpaired) electrons. The number of fused-ring (bicyclic) bond motifs is 1. The molecule has 5 nitrogen and oxygen atoms in total. The van der Waals surface area contributed by atoms with Crippen molar-refractivity contribution in [3.63, 3.8) is 0 Å². The van der Waals surface area contributed by atoms with E-state index in [1.165, 1.54) is 5.57 Å². The Bertz CT molecular complexity index is 741. The summed E-state index contributed by atoms with van der Waals surface area (Å²) in [5.41, 5.74) is 0.749. The third-order valence-corrected chi connectivity index (χ3v) is 7.37. The third kappa shape index (κ3) is 6.72. The van der Waals surface area contributed by atoms with Crippen LogP contribution in [0, 0.1) is 11.8 Å². The molecule has 2 saturated carbocycles. The molecule has 1 aliphatic heterocycles. The molecule has 33 heavy (non-hydrogen) atoms. The van der Waals surface area contributed by atoms with Crippen molar-refractivity contribution >= 4 is 11.8 Å². The fraction of sp³-hybridized carbons (Fsp3) is 0.769. The molecule has 0 aromatic carbocycles. The maximum absolute atomic E-state index is 14.2. The highest BCUT2D eigenvalue weighted by molar-refractivity contribution is 5.95. The van der Waals surface area contributed by atoms with Gasteiger partial charge in [0, 0.05) is 25.4 Å². The van der Waals surface area contributed by atoms with E-state index in [1.807, 2.05) is 6.92 Å². The number of halogens is 2. The molecular formula is C26H38F2O5. The number of carbonyl (C=O) groups excluding carboxylic acids is 1. The maximum atomic E-state index is 14.2. The van der Waals surface area contributed by atoms with Crippen molar-refractivity contribution < 1.29 is 33.0 Å². The first-order chi connectivity index (χ1) is 15.8. The molecule has 4 atom stereocenters. The summed E-state index contributed by atoms with van der Waals surface area (Å²) in [6.07, 6.45) is 12.0. The van der Waals surface area contributed by atoms with E-state index in [1.54, 1.807) is 6.08 Å².